The van der Waals surface area contributed by atoms with E-state index in [0.717, 1.165) is 12.8 Å². The third-order valence-corrected chi connectivity index (χ3v) is 2.96. The molecule has 0 saturated heterocycles. The van der Waals surface area contributed by atoms with Gasteiger partial charge in [-0.2, -0.15) is 0 Å². The fourth-order valence-electron chi connectivity index (χ4n) is 1.98. The van der Waals surface area contributed by atoms with Gasteiger partial charge >= 0.3 is 0 Å². The molecule has 86 valence electrons. The van der Waals surface area contributed by atoms with E-state index in [2.05, 4.69) is 73.7 Å². The molecule has 0 aliphatic carbocycles. The lowest BCUT2D eigenvalue weighted by molar-refractivity contribution is 1.03. The van der Waals surface area contributed by atoms with Crippen molar-refractivity contribution in [2.45, 2.75) is 19.8 Å². The molecule has 0 aliphatic rings. The van der Waals surface area contributed by atoms with Crippen LogP contribution in [0, 0.1) is 0 Å². The second-order valence-electron chi connectivity index (χ2n) is 4.27. The summed E-state index contributed by atoms with van der Waals surface area (Å²) in [6.45, 7) is 2.13. The van der Waals surface area contributed by atoms with E-state index in [9.17, 15) is 0 Å². The highest BCUT2D eigenvalue weighted by molar-refractivity contribution is 5.27. The van der Waals surface area contributed by atoms with Gasteiger partial charge in [-0.3, -0.25) is 0 Å². The first kappa shape index (κ1) is 11.7. The zero-order valence-corrected chi connectivity index (χ0v) is 10.3. The van der Waals surface area contributed by atoms with Crippen molar-refractivity contribution in [2.75, 3.05) is 0 Å². The van der Waals surface area contributed by atoms with Crippen LogP contribution in [0.1, 0.15) is 18.1 Å². The molecule has 0 amide bonds. The highest BCUT2D eigenvalue weighted by Gasteiger charge is 2.00. The van der Waals surface area contributed by atoms with Crippen LogP contribution in [0.3, 0.4) is 0 Å². The molecule has 0 aliphatic heterocycles. The van der Waals surface area contributed by atoms with E-state index >= 15 is 0 Å². The van der Waals surface area contributed by atoms with E-state index in [1.54, 1.807) is 0 Å². The standard InChI is InChI=1S/C17H18/c1-2-15(13-16-9-5-3-6-10-16)14-17-11-7-4-8-12-17/h2-12H,13-14H2,1H3. The second kappa shape index (κ2) is 6.05. The van der Waals surface area contributed by atoms with Gasteiger partial charge in [-0.05, 0) is 30.9 Å². The van der Waals surface area contributed by atoms with Gasteiger partial charge in [0.2, 0.25) is 0 Å². The number of rotatable bonds is 4. The van der Waals surface area contributed by atoms with Crippen molar-refractivity contribution in [3.05, 3.63) is 83.4 Å². The first-order chi connectivity index (χ1) is 8.38. The van der Waals surface area contributed by atoms with Crippen LogP contribution in [0.5, 0.6) is 0 Å². The molecule has 2 aromatic carbocycles. The molecule has 0 heteroatoms. The predicted octanol–water partition coefficient (Wildman–Crippen LogP) is 4.42. The van der Waals surface area contributed by atoms with Crippen molar-refractivity contribution >= 4 is 0 Å². The Balaban J connectivity index is 2.04. The van der Waals surface area contributed by atoms with Gasteiger partial charge in [0, 0.05) is 0 Å². The molecule has 0 spiro atoms. The zero-order chi connectivity index (χ0) is 11.9. The van der Waals surface area contributed by atoms with Crippen molar-refractivity contribution in [2.24, 2.45) is 0 Å². The minimum absolute atomic E-state index is 1.05. The van der Waals surface area contributed by atoms with Gasteiger partial charge < -0.3 is 0 Å². The van der Waals surface area contributed by atoms with Crippen molar-refractivity contribution < 1.29 is 0 Å². The molecule has 0 nitrogen and oxygen atoms in total. The Morgan fingerprint density at radius 1 is 0.765 bits per heavy atom. The van der Waals surface area contributed by atoms with Gasteiger partial charge in [-0.15, -0.1) is 0 Å². The van der Waals surface area contributed by atoms with Crippen molar-refractivity contribution in [3.8, 4) is 0 Å². The molecule has 17 heavy (non-hydrogen) atoms. The summed E-state index contributed by atoms with van der Waals surface area (Å²) in [5.41, 5.74) is 4.25. The molecule has 0 radical (unpaired) electrons. The van der Waals surface area contributed by atoms with E-state index in [0.29, 0.717) is 0 Å². The summed E-state index contributed by atoms with van der Waals surface area (Å²) < 4.78 is 0. The van der Waals surface area contributed by atoms with Crippen LogP contribution < -0.4 is 0 Å². The summed E-state index contributed by atoms with van der Waals surface area (Å²) in [5.74, 6) is 0. The van der Waals surface area contributed by atoms with E-state index in [1.165, 1.54) is 16.7 Å². The van der Waals surface area contributed by atoms with E-state index < -0.39 is 0 Å². The van der Waals surface area contributed by atoms with E-state index in [4.69, 9.17) is 0 Å². The van der Waals surface area contributed by atoms with Gasteiger partial charge in [0.15, 0.2) is 0 Å². The number of hydrogen-bond acceptors (Lipinski definition) is 0. The molecule has 2 rings (SSSR count). The van der Waals surface area contributed by atoms with Crippen LogP contribution in [-0.4, -0.2) is 0 Å². The quantitative estimate of drug-likeness (QED) is 0.672. The van der Waals surface area contributed by atoms with Gasteiger partial charge in [0.05, 0.1) is 0 Å². The zero-order valence-electron chi connectivity index (χ0n) is 10.3. The Bertz CT molecular complexity index is 422. The molecule has 0 saturated carbocycles. The Morgan fingerprint density at radius 2 is 1.18 bits per heavy atom. The molecule has 0 unspecified atom stereocenters. The van der Waals surface area contributed by atoms with Crippen LogP contribution in [0.2, 0.25) is 0 Å². The summed E-state index contributed by atoms with van der Waals surface area (Å²) in [5, 5.41) is 0. The van der Waals surface area contributed by atoms with Gasteiger partial charge in [0.1, 0.15) is 0 Å². The minimum atomic E-state index is 1.05. The lowest BCUT2D eigenvalue weighted by atomic mass is 9.98. The first-order valence-corrected chi connectivity index (χ1v) is 6.10. The minimum Gasteiger partial charge on any atom is -0.0878 e. The molecule has 2 aromatic rings. The second-order valence-corrected chi connectivity index (χ2v) is 4.27. The molecule has 0 aromatic heterocycles. The Labute approximate surface area is 104 Å². The molecule has 0 heterocycles. The maximum Gasteiger partial charge on any atom is -0.00639 e. The Hall–Kier alpha value is -1.82. The number of allylic oxidation sites excluding steroid dienone is 2. The third kappa shape index (κ3) is 3.60. The Kier molecular flexibility index (Phi) is 4.15. The largest absolute Gasteiger partial charge is 0.0878 e. The summed E-state index contributed by atoms with van der Waals surface area (Å²) in [6.07, 6.45) is 4.33. The normalized spacial score (nSPS) is 9.94. The molecule has 0 bridgehead atoms. The molecular formula is C17H18. The molecule has 0 atom stereocenters. The van der Waals surface area contributed by atoms with Crippen molar-refractivity contribution in [1.82, 2.24) is 0 Å². The monoisotopic (exact) mass is 222 g/mol. The molecule has 0 fully saturated rings. The fourth-order valence-corrected chi connectivity index (χ4v) is 1.98. The van der Waals surface area contributed by atoms with Crippen LogP contribution >= 0.6 is 0 Å². The van der Waals surface area contributed by atoms with Gasteiger partial charge in [0.25, 0.3) is 0 Å². The van der Waals surface area contributed by atoms with E-state index in [-0.39, 0.29) is 0 Å². The first-order valence-electron chi connectivity index (χ1n) is 6.10. The Morgan fingerprint density at radius 3 is 1.53 bits per heavy atom. The predicted molar refractivity (Wildman–Crippen MR) is 74.0 cm³/mol. The summed E-state index contributed by atoms with van der Waals surface area (Å²) in [7, 11) is 0. The number of benzene rings is 2. The number of hydrogen-bond donors (Lipinski definition) is 0. The highest BCUT2D eigenvalue weighted by atomic mass is 14.1. The fraction of sp³-hybridized carbons (Fsp3) is 0.176. The third-order valence-electron chi connectivity index (χ3n) is 2.96. The van der Waals surface area contributed by atoms with E-state index in [1.807, 2.05) is 0 Å². The average molecular weight is 222 g/mol. The van der Waals surface area contributed by atoms with Gasteiger partial charge in [-0.1, -0.05) is 72.3 Å². The lowest BCUT2D eigenvalue weighted by Crippen LogP contribution is -1.95. The lowest BCUT2D eigenvalue weighted by Gasteiger charge is -2.07. The van der Waals surface area contributed by atoms with Crippen LogP contribution in [-0.2, 0) is 12.8 Å². The van der Waals surface area contributed by atoms with Gasteiger partial charge in [-0.25, -0.2) is 0 Å². The average Bonchev–Trinajstić information content (AvgIpc) is 2.40. The molecular weight excluding hydrogens is 204 g/mol. The molecule has 0 N–H and O–H groups in total. The highest BCUT2D eigenvalue weighted by Crippen LogP contribution is 2.13. The van der Waals surface area contributed by atoms with Crippen molar-refractivity contribution in [1.29, 1.82) is 0 Å². The van der Waals surface area contributed by atoms with Crippen molar-refractivity contribution in [3.63, 3.8) is 0 Å². The topological polar surface area (TPSA) is 0 Å². The maximum atomic E-state index is 2.24. The smallest absolute Gasteiger partial charge is 0.00639 e. The van der Waals surface area contributed by atoms with Crippen LogP contribution in [0.15, 0.2) is 72.3 Å². The summed E-state index contributed by atoms with van der Waals surface area (Å²) in [6, 6.07) is 21.3. The summed E-state index contributed by atoms with van der Waals surface area (Å²) >= 11 is 0. The van der Waals surface area contributed by atoms with Crippen LogP contribution in [0.4, 0.5) is 0 Å². The summed E-state index contributed by atoms with van der Waals surface area (Å²) in [4.78, 5) is 0. The maximum absolute atomic E-state index is 2.24. The van der Waals surface area contributed by atoms with Crippen LogP contribution in [0.25, 0.3) is 0 Å². The SMILES string of the molecule is CC=C(Cc1ccccc1)Cc1ccccc1.